The van der Waals surface area contributed by atoms with Gasteiger partial charge >= 0.3 is 6.03 Å². The molecule has 3 rings (SSSR count). The van der Waals surface area contributed by atoms with Crippen LogP contribution >= 0.6 is 0 Å². The van der Waals surface area contributed by atoms with E-state index in [0.717, 1.165) is 11.1 Å². The lowest BCUT2D eigenvalue weighted by Gasteiger charge is -2.42. The van der Waals surface area contributed by atoms with Gasteiger partial charge in [0.05, 0.1) is 12.6 Å². The number of anilines is 1. The third kappa shape index (κ3) is 5.13. The van der Waals surface area contributed by atoms with Crippen LogP contribution < -0.4 is 10.6 Å². The van der Waals surface area contributed by atoms with E-state index < -0.39 is 12.1 Å². The van der Waals surface area contributed by atoms with Gasteiger partial charge in [0.1, 0.15) is 12.7 Å². The first-order valence-electron chi connectivity index (χ1n) is 9.72. The lowest BCUT2D eigenvalue weighted by Crippen LogP contribution is -2.55. The Balaban J connectivity index is 1.62. The second-order valence-electron chi connectivity index (χ2n) is 7.29. The van der Waals surface area contributed by atoms with Gasteiger partial charge in [0.15, 0.2) is 0 Å². The minimum absolute atomic E-state index is 0.0127. The molecule has 3 N–H and O–H groups in total. The second kappa shape index (κ2) is 9.54. The number of carbonyl (C=O) groups is 2. The van der Waals surface area contributed by atoms with Crippen molar-refractivity contribution in [2.24, 2.45) is 0 Å². The largest absolute Gasteiger partial charge is 0.394 e. The third-order valence-corrected chi connectivity index (χ3v) is 4.92. The number of rotatable bonds is 6. The zero-order chi connectivity index (χ0) is 20.8. The van der Waals surface area contributed by atoms with E-state index in [4.69, 9.17) is 4.74 Å². The molecule has 154 valence electrons. The van der Waals surface area contributed by atoms with Crippen LogP contribution in [0, 0.1) is 0 Å². The molecule has 7 nitrogen and oxygen atoms in total. The fourth-order valence-corrected chi connectivity index (χ4v) is 3.56. The molecule has 1 aliphatic heterocycles. The highest BCUT2D eigenvalue weighted by atomic mass is 16.5. The van der Waals surface area contributed by atoms with Gasteiger partial charge in [-0.05, 0) is 37.1 Å². The molecular formula is C22H27N3O4. The first kappa shape index (κ1) is 20.8. The normalized spacial score (nSPS) is 19.3. The van der Waals surface area contributed by atoms with Crippen LogP contribution in [0.15, 0.2) is 54.6 Å². The summed E-state index contributed by atoms with van der Waals surface area (Å²) in [6.07, 6.45) is -0.416. The molecule has 0 aromatic heterocycles. The van der Waals surface area contributed by atoms with Gasteiger partial charge in [-0.15, -0.1) is 0 Å². The molecule has 3 amide bonds. The highest BCUT2D eigenvalue weighted by Gasteiger charge is 2.38. The average molecular weight is 397 g/mol. The zero-order valence-electron chi connectivity index (χ0n) is 16.7. The summed E-state index contributed by atoms with van der Waals surface area (Å²) in [5.41, 5.74) is 2.51. The highest BCUT2D eigenvalue weighted by molar-refractivity contribution is 5.89. The highest BCUT2D eigenvalue weighted by Crippen LogP contribution is 2.31. The van der Waals surface area contributed by atoms with Crippen LogP contribution in [0.2, 0.25) is 0 Å². The molecule has 2 aromatic carbocycles. The topological polar surface area (TPSA) is 90.9 Å². The number of nitrogens with zero attached hydrogens (tertiary/aromatic N) is 1. The van der Waals surface area contributed by atoms with Crippen molar-refractivity contribution >= 4 is 17.6 Å². The van der Waals surface area contributed by atoms with Crippen LogP contribution in [0.3, 0.4) is 0 Å². The quantitative estimate of drug-likeness (QED) is 0.699. The van der Waals surface area contributed by atoms with E-state index in [1.54, 1.807) is 17.0 Å². The van der Waals surface area contributed by atoms with Gasteiger partial charge in [-0.25, -0.2) is 4.79 Å². The van der Waals surface area contributed by atoms with Crippen LogP contribution in [0.25, 0.3) is 0 Å². The van der Waals surface area contributed by atoms with Crippen LogP contribution in [0.5, 0.6) is 0 Å². The van der Waals surface area contributed by atoms with Crippen molar-refractivity contribution < 1.29 is 19.4 Å². The maximum Gasteiger partial charge on any atom is 0.319 e. The van der Waals surface area contributed by atoms with Crippen molar-refractivity contribution in [3.8, 4) is 0 Å². The summed E-state index contributed by atoms with van der Waals surface area (Å²) < 4.78 is 5.72. The van der Waals surface area contributed by atoms with Crippen molar-refractivity contribution in [1.82, 2.24) is 10.2 Å². The molecule has 2 aromatic rings. The standard InChI is InChI=1S/C22H27N3O4/c1-15(2)25-19(13-26)21(29-14-20(25)27)17-8-10-18(11-9-17)24-22(28)23-12-16-6-4-3-5-7-16/h3-11,15,19,21,26H,12-14H2,1-2H3,(H2,23,24,28)/t19-,21-/m1/s1. The molecule has 1 heterocycles. The predicted octanol–water partition coefficient (Wildman–Crippen LogP) is 2.68. The van der Waals surface area contributed by atoms with E-state index in [2.05, 4.69) is 10.6 Å². The molecule has 0 saturated carbocycles. The fourth-order valence-electron chi connectivity index (χ4n) is 3.56. The summed E-state index contributed by atoms with van der Waals surface area (Å²) in [6.45, 7) is 4.09. The van der Waals surface area contributed by atoms with E-state index in [0.29, 0.717) is 12.2 Å². The number of aliphatic hydroxyl groups excluding tert-OH is 1. The third-order valence-electron chi connectivity index (χ3n) is 4.92. The summed E-state index contributed by atoms with van der Waals surface area (Å²) >= 11 is 0. The monoisotopic (exact) mass is 397 g/mol. The minimum Gasteiger partial charge on any atom is -0.394 e. The molecule has 0 unspecified atom stereocenters. The summed E-state index contributed by atoms with van der Waals surface area (Å²) in [4.78, 5) is 25.9. The summed E-state index contributed by atoms with van der Waals surface area (Å²) in [5.74, 6) is -0.122. The van der Waals surface area contributed by atoms with Crippen LogP contribution in [0.4, 0.5) is 10.5 Å². The minimum atomic E-state index is -0.441. The molecule has 0 aliphatic carbocycles. The molecule has 0 radical (unpaired) electrons. The van der Waals surface area contributed by atoms with Gasteiger partial charge in [0.2, 0.25) is 5.91 Å². The maximum atomic E-state index is 12.2. The number of hydrogen-bond acceptors (Lipinski definition) is 4. The Morgan fingerprint density at radius 2 is 1.86 bits per heavy atom. The van der Waals surface area contributed by atoms with Gasteiger partial charge in [0, 0.05) is 18.3 Å². The Morgan fingerprint density at radius 1 is 1.17 bits per heavy atom. The SMILES string of the molecule is CC(C)N1C(=O)CO[C@H](c2ccc(NC(=O)NCc3ccccc3)cc2)[C@H]1CO. The van der Waals surface area contributed by atoms with Crippen molar-refractivity contribution in [2.45, 2.75) is 38.6 Å². The van der Waals surface area contributed by atoms with Crippen LogP contribution in [-0.2, 0) is 16.1 Å². The van der Waals surface area contributed by atoms with E-state index in [1.807, 2.05) is 56.3 Å². The lowest BCUT2D eigenvalue weighted by atomic mass is 9.98. The molecular weight excluding hydrogens is 370 g/mol. The lowest BCUT2D eigenvalue weighted by molar-refractivity contribution is -0.164. The molecule has 2 atom stereocenters. The maximum absolute atomic E-state index is 12.2. The Morgan fingerprint density at radius 3 is 2.48 bits per heavy atom. The van der Waals surface area contributed by atoms with Gasteiger partial charge in [0.25, 0.3) is 0 Å². The summed E-state index contributed by atoms with van der Waals surface area (Å²) in [7, 11) is 0. The van der Waals surface area contributed by atoms with E-state index in [9.17, 15) is 14.7 Å². The molecule has 0 bridgehead atoms. The molecule has 1 aliphatic rings. The number of benzene rings is 2. The fraction of sp³-hybridized carbons (Fsp3) is 0.364. The van der Waals surface area contributed by atoms with E-state index in [-0.39, 0.29) is 31.2 Å². The molecule has 7 heteroatoms. The number of ether oxygens (including phenoxy) is 1. The first-order chi connectivity index (χ1) is 14.0. The number of hydrogen-bond donors (Lipinski definition) is 3. The molecule has 1 saturated heterocycles. The number of carbonyl (C=O) groups excluding carboxylic acids is 2. The van der Waals surface area contributed by atoms with E-state index >= 15 is 0 Å². The average Bonchev–Trinajstić information content (AvgIpc) is 2.73. The van der Waals surface area contributed by atoms with Crippen molar-refractivity contribution in [1.29, 1.82) is 0 Å². The van der Waals surface area contributed by atoms with Crippen LogP contribution in [0.1, 0.15) is 31.1 Å². The van der Waals surface area contributed by atoms with Crippen molar-refractivity contribution in [3.63, 3.8) is 0 Å². The Bertz CT molecular complexity index is 824. The number of amides is 3. The van der Waals surface area contributed by atoms with E-state index in [1.165, 1.54) is 0 Å². The Hall–Kier alpha value is -2.90. The Labute approximate surface area is 170 Å². The number of aliphatic hydroxyl groups is 1. The smallest absolute Gasteiger partial charge is 0.319 e. The number of morpholine rings is 1. The Kier molecular flexibility index (Phi) is 6.85. The molecule has 1 fully saturated rings. The summed E-state index contributed by atoms with van der Waals surface area (Å²) in [6, 6.07) is 16.2. The van der Waals surface area contributed by atoms with Gasteiger partial charge in [-0.3, -0.25) is 4.79 Å². The summed E-state index contributed by atoms with van der Waals surface area (Å²) in [5, 5.41) is 15.5. The first-order valence-corrected chi connectivity index (χ1v) is 9.72. The van der Waals surface area contributed by atoms with Crippen molar-refractivity contribution in [3.05, 3.63) is 65.7 Å². The van der Waals surface area contributed by atoms with Crippen molar-refractivity contribution in [2.75, 3.05) is 18.5 Å². The predicted molar refractivity (Wildman–Crippen MR) is 110 cm³/mol. The molecule has 29 heavy (non-hydrogen) atoms. The van der Waals surface area contributed by atoms with Gasteiger partial charge in [-0.1, -0.05) is 42.5 Å². The van der Waals surface area contributed by atoms with Crippen LogP contribution in [-0.4, -0.2) is 47.2 Å². The number of urea groups is 1. The second-order valence-corrected chi connectivity index (χ2v) is 7.29. The molecule has 0 spiro atoms. The van der Waals surface area contributed by atoms with Gasteiger partial charge in [-0.2, -0.15) is 0 Å². The zero-order valence-corrected chi connectivity index (χ0v) is 16.7. The van der Waals surface area contributed by atoms with Gasteiger partial charge < -0.3 is 25.4 Å². The number of nitrogens with one attached hydrogen (secondary N) is 2.